The van der Waals surface area contributed by atoms with E-state index in [1.807, 2.05) is 54.6 Å². The van der Waals surface area contributed by atoms with Crippen molar-refractivity contribution in [2.24, 2.45) is 5.92 Å². The van der Waals surface area contributed by atoms with Crippen molar-refractivity contribution in [1.82, 2.24) is 9.88 Å². The second-order valence-electron chi connectivity index (χ2n) is 11.1. The summed E-state index contributed by atoms with van der Waals surface area (Å²) in [5, 5.41) is 7.07. The molecular formula is C32H35N3O2. The summed E-state index contributed by atoms with van der Waals surface area (Å²) in [5.74, 6) is 0.0897. The number of aromatic nitrogens is 1. The SMILES string of the molecule is CC(C)(C)c1ccc(Cn2c(C(=O)NCc3ccccc3)cc3cc(NC(=O)C4CCC4)ccc32)cc1. The molecule has 1 heterocycles. The maximum absolute atomic E-state index is 13.4. The van der Waals surface area contributed by atoms with Crippen molar-refractivity contribution < 1.29 is 9.59 Å². The minimum atomic E-state index is -0.119. The molecule has 190 valence electrons. The summed E-state index contributed by atoms with van der Waals surface area (Å²) in [6, 6.07) is 26.4. The Morgan fingerprint density at radius 3 is 2.27 bits per heavy atom. The fraction of sp³-hybridized carbons (Fsp3) is 0.312. The second-order valence-corrected chi connectivity index (χ2v) is 11.1. The summed E-state index contributed by atoms with van der Waals surface area (Å²) >= 11 is 0. The lowest BCUT2D eigenvalue weighted by Crippen LogP contribution is -2.27. The van der Waals surface area contributed by atoms with Crippen LogP contribution in [0.25, 0.3) is 10.9 Å². The highest BCUT2D eigenvalue weighted by Gasteiger charge is 2.25. The van der Waals surface area contributed by atoms with Crippen LogP contribution in [0, 0.1) is 5.92 Å². The molecule has 1 aliphatic carbocycles. The fourth-order valence-corrected chi connectivity index (χ4v) is 4.78. The quantitative estimate of drug-likeness (QED) is 0.303. The molecule has 0 saturated heterocycles. The van der Waals surface area contributed by atoms with Crippen LogP contribution in [0.3, 0.4) is 0 Å². The van der Waals surface area contributed by atoms with E-state index in [1.165, 1.54) is 5.56 Å². The van der Waals surface area contributed by atoms with Crippen LogP contribution in [0.5, 0.6) is 0 Å². The number of rotatable bonds is 7. The van der Waals surface area contributed by atoms with Gasteiger partial charge < -0.3 is 15.2 Å². The van der Waals surface area contributed by atoms with Crippen LogP contribution < -0.4 is 10.6 Å². The van der Waals surface area contributed by atoms with Crippen molar-refractivity contribution in [3.05, 3.63) is 101 Å². The highest BCUT2D eigenvalue weighted by Crippen LogP contribution is 2.30. The lowest BCUT2D eigenvalue weighted by molar-refractivity contribution is -0.122. The lowest BCUT2D eigenvalue weighted by atomic mass is 9.85. The maximum Gasteiger partial charge on any atom is 0.268 e. The van der Waals surface area contributed by atoms with Crippen LogP contribution in [-0.4, -0.2) is 16.4 Å². The highest BCUT2D eigenvalue weighted by atomic mass is 16.2. The van der Waals surface area contributed by atoms with Gasteiger partial charge in [0.1, 0.15) is 5.69 Å². The van der Waals surface area contributed by atoms with Crippen molar-refractivity contribution in [2.45, 2.75) is 58.5 Å². The van der Waals surface area contributed by atoms with Gasteiger partial charge in [0, 0.05) is 35.6 Å². The number of carbonyl (C=O) groups is 2. The molecule has 5 heteroatoms. The van der Waals surface area contributed by atoms with E-state index in [9.17, 15) is 9.59 Å². The van der Waals surface area contributed by atoms with Crippen LogP contribution in [-0.2, 0) is 23.3 Å². The van der Waals surface area contributed by atoms with Gasteiger partial charge in [-0.1, -0.05) is 81.8 Å². The predicted molar refractivity (Wildman–Crippen MR) is 150 cm³/mol. The number of amides is 2. The molecule has 1 saturated carbocycles. The monoisotopic (exact) mass is 493 g/mol. The van der Waals surface area contributed by atoms with Crippen molar-refractivity contribution in [3.63, 3.8) is 0 Å². The summed E-state index contributed by atoms with van der Waals surface area (Å²) in [5.41, 5.74) is 5.89. The van der Waals surface area contributed by atoms with E-state index in [2.05, 4.69) is 60.2 Å². The maximum atomic E-state index is 13.4. The molecule has 1 fully saturated rings. The van der Waals surface area contributed by atoms with E-state index in [0.29, 0.717) is 18.8 Å². The predicted octanol–water partition coefficient (Wildman–Crippen LogP) is 6.66. The van der Waals surface area contributed by atoms with E-state index in [4.69, 9.17) is 0 Å². The smallest absolute Gasteiger partial charge is 0.268 e. The third kappa shape index (κ3) is 5.61. The standard InChI is InChI=1S/C32H35N3O2/c1-32(2,3)26-14-12-23(13-15-26)21-35-28-17-16-27(34-30(36)24-10-7-11-24)18-25(28)19-29(35)31(37)33-20-22-8-5-4-6-9-22/h4-6,8-9,12-19,24H,7,10-11,20-21H2,1-3H3,(H,33,37)(H,34,36). The molecule has 5 rings (SSSR count). The summed E-state index contributed by atoms with van der Waals surface area (Å²) in [4.78, 5) is 25.9. The normalized spacial score (nSPS) is 13.8. The van der Waals surface area contributed by atoms with Crippen LogP contribution in [0.15, 0.2) is 78.9 Å². The Kier molecular flexibility index (Phi) is 6.88. The highest BCUT2D eigenvalue weighted by molar-refractivity contribution is 6.01. The Balaban J connectivity index is 1.45. The molecule has 3 aromatic carbocycles. The van der Waals surface area contributed by atoms with Gasteiger partial charge in [0.15, 0.2) is 0 Å². The topological polar surface area (TPSA) is 63.1 Å². The van der Waals surface area contributed by atoms with Gasteiger partial charge in [-0.3, -0.25) is 9.59 Å². The summed E-state index contributed by atoms with van der Waals surface area (Å²) in [7, 11) is 0. The minimum Gasteiger partial charge on any atom is -0.347 e. The van der Waals surface area contributed by atoms with Crippen LogP contribution in [0.2, 0.25) is 0 Å². The Morgan fingerprint density at radius 2 is 1.62 bits per heavy atom. The molecule has 4 aromatic rings. The molecule has 1 aliphatic rings. The number of anilines is 1. The van der Waals surface area contributed by atoms with Gasteiger partial charge in [-0.05, 0) is 59.2 Å². The average molecular weight is 494 g/mol. The Bertz CT molecular complexity index is 1410. The largest absolute Gasteiger partial charge is 0.347 e. The molecule has 0 aliphatic heterocycles. The van der Waals surface area contributed by atoms with Crippen LogP contribution >= 0.6 is 0 Å². The first-order chi connectivity index (χ1) is 17.8. The number of benzene rings is 3. The van der Waals surface area contributed by atoms with Gasteiger partial charge in [0.25, 0.3) is 5.91 Å². The molecule has 0 bridgehead atoms. The van der Waals surface area contributed by atoms with Gasteiger partial charge in [0.05, 0.1) is 0 Å². The third-order valence-corrected chi connectivity index (χ3v) is 7.33. The molecule has 0 atom stereocenters. The van der Waals surface area contributed by atoms with E-state index < -0.39 is 0 Å². The van der Waals surface area contributed by atoms with E-state index in [-0.39, 0.29) is 23.1 Å². The summed E-state index contributed by atoms with van der Waals surface area (Å²) in [6.07, 6.45) is 3.05. The molecule has 1 aromatic heterocycles. The molecule has 0 unspecified atom stereocenters. The third-order valence-electron chi connectivity index (χ3n) is 7.33. The van der Waals surface area contributed by atoms with Crippen molar-refractivity contribution in [2.75, 3.05) is 5.32 Å². The number of nitrogens with one attached hydrogen (secondary N) is 2. The molecular weight excluding hydrogens is 458 g/mol. The molecule has 2 N–H and O–H groups in total. The van der Waals surface area contributed by atoms with Crippen LogP contribution in [0.1, 0.15) is 67.2 Å². The average Bonchev–Trinajstić information content (AvgIpc) is 3.19. The van der Waals surface area contributed by atoms with Gasteiger partial charge >= 0.3 is 0 Å². The number of hydrogen-bond acceptors (Lipinski definition) is 2. The first kappa shape index (κ1) is 24.8. The van der Waals surface area contributed by atoms with Crippen LogP contribution in [0.4, 0.5) is 5.69 Å². The summed E-state index contributed by atoms with van der Waals surface area (Å²) < 4.78 is 2.07. The minimum absolute atomic E-state index is 0.0848. The molecule has 37 heavy (non-hydrogen) atoms. The first-order valence-electron chi connectivity index (χ1n) is 13.1. The zero-order valence-corrected chi connectivity index (χ0v) is 21.9. The first-order valence-corrected chi connectivity index (χ1v) is 13.1. The zero-order chi connectivity index (χ0) is 26.0. The summed E-state index contributed by atoms with van der Waals surface area (Å²) in [6.45, 7) is 7.66. The Morgan fingerprint density at radius 1 is 0.892 bits per heavy atom. The van der Waals surface area contributed by atoms with Crippen molar-refractivity contribution in [1.29, 1.82) is 0 Å². The second kappa shape index (κ2) is 10.3. The lowest BCUT2D eigenvalue weighted by Gasteiger charge is -2.24. The molecule has 0 spiro atoms. The Labute approximate surface area is 218 Å². The fourth-order valence-electron chi connectivity index (χ4n) is 4.78. The van der Waals surface area contributed by atoms with Gasteiger partial charge in [-0.2, -0.15) is 0 Å². The molecule has 2 amide bonds. The van der Waals surface area contributed by atoms with Crippen molar-refractivity contribution in [3.8, 4) is 0 Å². The number of hydrogen-bond donors (Lipinski definition) is 2. The van der Waals surface area contributed by atoms with Gasteiger partial charge in [-0.25, -0.2) is 0 Å². The van der Waals surface area contributed by atoms with E-state index in [0.717, 1.165) is 47.0 Å². The van der Waals surface area contributed by atoms with E-state index >= 15 is 0 Å². The molecule has 5 nitrogen and oxygen atoms in total. The Hall–Kier alpha value is -3.86. The number of fused-ring (bicyclic) bond motifs is 1. The van der Waals surface area contributed by atoms with Gasteiger partial charge in [-0.15, -0.1) is 0 Å². The number of nitrogens with zero attached hydrogens (tertiary/aromatic N) is 1. The van der Waals surface area contributed by atoms with Crippen molar-refractivity contribution >= 4 is 28.4 Å². The zero-order valence-electron chi connectivity index (χ0n) is 21.9. The number of carbonyl (C=O) groups excluding carboxylic acids is 2. The molecule has 0 radical (unpaired) electrons. The van der Waals surface area contributed by atoms with E-state index in [1.54, 1.807) is 0 Å². The van der Waals surface area contributed by atoms with Gasteiger partial charge in [0.2, 0.25) is 5.91 Å².